The molecule has 180 valence electrons. The first kappa shape index (κ1) is 25.0. The molecule has 1 aromatic heterocycles. The van der Waals surface area contributed by atoms with Crippen LogP contribution in [0.1, 0.15) is 42.4 Å². The van der Waals surface area contributed by atoms with E-state index in [9.17, 15) is 15.2 Å². The van der Waals surface area contributed by atoms with Gasteiger partial charge in [-0.1, -0.05) is 25.5 Å². The van der Waals surface area contributed by atoms with Crippen molar-refractivity contribution in [1.29, 1.82) is 0 Å². The van der Waals surface area contributed by atoms with Crippen LogP contribution in [0.5, 0.6) is 0 Å². The Kier molecular flexibility index (Phi) is 9.11. The van der Waals surface area contributed by atoms with Crippen molar-refractivity contribution in [3.63, 3.8) is 0 Å². The van der Waals surface area contributed by atoms with Gasteiger partial charge in [-0.2, -0.15) is 0 Å². The summed E-state index contributed by atoms with van der Waals surface area (Å²) in [5, 5.41) is 21.2. The van der Waals surface area contributed by atoms with Crippen LogP contribution in [0.15, 0.2) is 24.3 Å². The second-order valence-corrected chi connectivity index (χ2v) is 8.63. The number of non-ortho nitro benzene ring substituents is 1. The lowest BCUT2D eigenvalue weighted by Gasteiger charge is -2.37. The highest BCUT2D eigenvalue weighted by molar-refractivity contribution is 5.52. The van der Waals surface area contributed by atoms with Crippen molar-refractivity contribution >= 4 is 11.5 Å². The highest BCUT2D eigenvalue weighted by Crippen LogP contribution is 2.26. The van der Waals surface area contributed by atoms with Gasteiger partial charge in [0.1, 0.15) is 11.6 Å². The number of benzene rings is 1. The third-order valence-electron chi connectivity index (χ3n) is 5.93. The molecule has 1 aliphatic rings. The second-order valence-electron chi connectivity index (χ2n) is 8.63. The van der Waals surface area contributed by atoms with E-state index >= 15 is 0 Å². The van der Waals surface area contributed by atoms with E-state index < -0.39 is 6.10 Å². The molecule has 2 aromatic rings. The van der Waals surface area contributed by atoms with E-state index in [1.807, 2.05) is 13.8 Å². The molecule has 0 spiro atoms. The van der Waals surface area contributed by atoms with Crippen LogP contribution in [0.2, 0.25) is 0 Å². The predicted molar refractivity (Wildman–Crippen MR) is 128 cm³/mol. The van der Waals surface area contributed by atoms with E-state index in [1.54, 1.807) is 12.1 Å². The molecule has 33 heavy (non-hydrogen) atoms. The van der Waals surface area contributed by atoms with E-state index in [2.05, 4.69) is 21.7 Å². The highest BCUT2D eigenvalue weighted by Gasteiger charge is 2.23. The molecule has 0 amide bonds. The minimum atomic E-state index is -0.477. The summed E-state index contributed by atoms with van der Waals surface area (Å²) in [6.07, 6.45) is 2.25. The number of anilines is 1. The van der Waals surface area contributed by atoms with E-state index in [0.717, 1.165) is 67.5 Å². The summed E-state index contributed by atoms with van der Waals surface area (Å²) in [4.78, 5) is 24.4. The van der Waals surface area contributed by atoms with Crippen LogP contribution >= 0.6 is 0 Å². The molecule has 0 radical (unpaired) electrons. The highest BCUT2D eigenvalue weighted by atomic mass is 16.6. The van der Waals surface area contributed by atoms with E-state index in [1.165, 1.54) is 12.1 Å². The van der Waals surface area contributed by atoms with Crippen LogP contribution in [0.3, 0.4) is 0 Å². The van der Waals surface area contributed by atoms with Crippen LogP contribution in [0, 0.1) is 24.0 Å². The average Bonchev–Trinajstić information content (AvgIpc) is 2.79. The molecule has 1 atom stereocenters. The summed E-state index contributed by atoms with van der Waals surface area (Å²) in [6.45, 7) is 11.0. The molecule has 1 fully saturated rings. The van der Waals surface area contributed by atoms with Crippen molar-refractivity contribution in [2.24, 2.45) is 0 Å². The number of hydrogen-bond acceptors (Lipinski definition) is 8. The summed E-state index contributed by atoms with van der Waals surface area (Å²) < 4.78 is 5.55. The monoisotopic (exact) mass is 457 g/mol. The minimum absolute atomic E-state index is 0.0879. The molecule has 1 aromatic carbocycles. The Hall–Kier alpha value is -2.62. The third-order valence-corrected chi connectivity index (χ3v) is 5.93. The fraction of sp³-hybridized carbons (Fsp3) is 0.583. The number of unbranched alkanes of at least 4 members (excludes halogenated alkanes) is 1. The van der Waals surface area contributed by atoms with Gasteiger partial charge >= 0.3 is 0 Å². The Balaban J connectivity index is 1.63. The SMILES string of the molecule is CCCCOCC(O)CN1CCN(c2nc(C)nc(C)c2Cc2ccc([N+](=O)[O-])cc2)CC1. The zero-order valence-electron chi connectivity index (χ0n) is 19.9. The Morgan fingerprint density at radius 2 is 1.85 bits per heavy atom. The van der Waals surface area contributed by atoms with Crippen molar-refractivity contribution < 1.29 is 14.8 Å². The van der Waals surface area contributed by atoms with Crippen molar-refractivity contribution in [2.45, 2.75) is 46.1 Å². The number of nitro benzene ring substituents is 1. The van der Waals surface area contributed by atoms with Crippen LogP contribution in [-0.4, -0.2) is 76.9 Å². The summed E-state index contributed by atoms with van der Waals surface area (Å²) >= 11 is 0. The number of β-amino-alcohol motifs (C(OH)–C–C–N with tert-alkyl or cyclic N) is 1. The fourth-order valence-electron chi connectivity index (χ4n) is 4.08. The molecule has 1 aliphatic heterocycles. The molecule has 2 heterocycles. The van der Waals surface area contributed by atoms with Gasteiger partial charge in [0.2, 0.25) is 0 Å². The molecule has 1 N–H and O–H groups in total. The van der Waals surface area contributed by atoms with Gasteiger partial charge in [-0.05, 0) is 25.8 Å². The van der Waals surface area contributed by atoms with Gasteiger partial charge < -0.3 is 14.7 Å². The lowest BCUT2D eigenvalue weighted by atomic mass is 10.0. The molecule has 0 bridgehead atoms. The second kappa shape index (κ2) is 12.0. The quantitative estimate of drug-likeness (QED) is 0.312. The van der Waals surface area contributed by atoms with Crippen molar-refractivity contribution in [3.05, 3.63) is 57.0 Å². The number of rotatable bonds is 11. The van der Waals surface area contributed by atoms with Crippen molar-refractivity contribution in [2.75, 3.05) is 50.8 Å². The summed E-state index contributed by atoms with van der Waals surface area (Å²) in [5.74, 6) is 1.67. The van der Waals surface area contributed by atoms with Gasteiger partial charge in [-0.15, -0.1) is 0 Å². The van der Waals surface area contributed by atoms with E-state index in [4.69, 9.17) is 9.72 Å². The normalized spacial score (nSPS) is 15.6. The maximum atomic E-state index is 10.9. The molecule has 9 heteroatoms. The van der Waals surface area contributed by atoms with Gasteiger partial charge in [-0.3, -0.25) is 15.0 Å². The molecule has 1 unspecified atom stereocenters. The van der Waals surface area contributed by atoms with Crippen LogP contribution in [0.25, 0.3) is 0 Å². The summed E-state index contributed by atoms with van der Waals surface area (Å²) in [6, 6.07) is 6.66. The first-order valence-electron chi connectivity index (χ1n) is 11.7. The molecule has 9 nitrogen and oxygen atoms in total. The number of aromatic nitrogens is 2. The Bertz CT molecular complexity index is 914. The number of ether oxygens (including phenoxy) is 1. The maximum Gasteiger partial charge on any atom is 0.269 e. The van der Waals surface area contributed by atoms with Crippen molar-refractivity contribution in [3.8, 4) is 0 Å². The molecule has 1 saturated heterocycles. The fourth-order valence-corrected chi connectivity index (χ4v) is 4.08. The van der Waals surface area contributed by atoms with Gasteiger partial charge in [0.05, 0.1) is 17.6 Å². The molecule has 3 rings (SSSR count). The number of piperazine rings is 1. The smallest absolute Gasteiger partial charge is 0.269 e. The molecule has 0 aliphatic carbocycles. The van der Waals surface area contributed by atoms with Crippen LogP contribution < -0.4 is 4.90 Å². The van der Waals surface area contributed by atoms with Crippen molar-refractivity contribution in [1.82, 2.24) is 14.9 Å². The van der Waals surface area contributed by atoms with E-state index in [0.29, 0.717) is 26.2 Å². The first-order chi connectivity index (χ1) is 15.9. The number of aryl methyl sites for hydroxylation is 2. The molecular formula is C24H35N5O4. The number of nitrogens with zero attached hydrogens (tertiary/aromatic N) is 5. The standard InChI is InChI=1S/C24H35N5O4/c1-4-5-14-33-17-22(30)16-27-10-12-28(13-11-27)24-23(18(2)25-19(3)26-24)15-20-6-8-21(9-7-20)29(31)32/h6-9,22,30H,4-5,10-17H2,1-3H3. The number of aliphatic hydroxyl groups is 1. The number of aliphatic hydroxyl groups excluding tert-OH is 1. The molecule has 0 saturated carbocycles. The first-order valence-corrected chi connectivity index (χ1v) is 11.7. The third kappa shape index (κ3) is 7.18. The summed E-state index contributed by atoms with van der Waals surface area (Å²) in [5.41, 5.74) is 3.05. The Labute approximate surface area is 195 Å². The maximum absolute atomic E-state index is 10.9. The van der Waals surface area contributed by atoms with Gasteiger partial charge in [0, 0.05) is 69.1 Å². The largest absolute Gasteiger partial charge is 0.389 e. The van der Waals surface area contributed by atoms with Crippen LogP contribution in [-0.2, 0) is 11.2 Å². The average molecular weight is 458 g/mol. The van der Waals surface area contributed by atoms with E-state index in [-0.39, 0.29) is 10.6 Å². The lowest BCUT2D eigenvalue weighted by molar-refractivity contribution is -0.384. The number of nitro groups is 1. The van der Waals surface area contributed by atoms with Gasteiger partial charge in [-0.25, -0.2) is 9.97 Å². The van der Waals surface area contributed by atoms with Crippen LogP contribution in [0.4, 0.5) is 11.5 Å². The Morgan fingerprint density at radius 1 is 1.15 bits per heavy atom. The summed E-state index contributed by atoms with van der Waals surface area (Å²) in [7, 11) is 0. The van der Waals surface area contributed by atoms with Gasteiger partial charge in [0.25, 0.3) is 5.69 Å². The van der Waals surface area contributed by atoms with Gasteiger partial charge in [0.15, 0.2) is 0 Å². The minimum Gasteiger partial charge on any atom is -0.389 e. The predicted octanol–water partition coefficient (Wildman–Crippen LogP) is 2.89. The Morgan fingerprint density at radius 3 is 2.48 bits per heavy atom. The zero-order chi connectivity index (χ0) is 23.8. The topological polar surface area (TPSA) is 105 Å². The molecular weight excluding hydrogens is 422 g/mol. The zero-order valence-corrected chi connectivity index (χ0v) is 19.9. The number of hydrogen-bond donors (Lipinski definition) is 1. The lowest BCUT2D eigenvalue weighted by Crippen LogP contribution is -2.49.